The van der Waals surface area contributed by atoms with Crippen LogP contribution in [0.25, 0.3) is 0 Å². The molecule has 0 aromatic rings. The maximum Gasteiger partial charge on any atom is 0.237 e. The zero-order chi connectivity index (χ0) is 14.6. The van der Waals surface area contributed by atoms with Crippen molar-refractivity contribution in [2.45, 2.75) is 65.1 Å². The Morgan fingerprint density at radius 2 is 1.95 bits per heavy atom. The lowest BCUT2D eigenvalue weighted by molar-refractivity contribution is -0.124. The summed E-state index contributed by atoms with van der Waals surface area (Å²) in [5, 5.41) is 6.48. The number of rotatable bonds is 4. The molecule has 0 radical (unpaired) electrons. The smallest absolute Gasteiger partial charge is 0.237 e. The van der Waals surface area contributed by atoms with E-state index in [1.807, 2.05) is 27.7 Å². The highest BCUT2D eigenvalue weighted by Gasteiger charge is 2.26. The van der Waals surface area contributed by atoms with E-state index in [-0.39, 0.29) is 17.5 Å². The highest BCUT2D eigenvalue weighted by atomic mass is 16.2. The van der Waals surface area contributed by atoms with Gasteiger partial charge in [-0.3, -0.25) is 4.79 Å². The monoisotopic (exact) mass is 269 g/mol. The standard InChI is InChI=1S/C15H31N3O/c1-11(13-8-7-9-18(6)10-13)16-12(2)14(19)17-15(3,4)5/h11-13,16H,7-10H2,1-6H3,(H,17,19). The first-order valence-electron chi connectivity index (χ1n) is 7.45. The molecule has 1 aliphatic heterocycles. The van der Waals surface area contributed by atoms with Gasteiger partial charge in [0, 0.05) is 18.1 Å². The lowest BCUT2D eigenvalue weighted by Gasteiger charge is -2.35. The van der Waals surface area contributed by atoms with Gasteiger partial charge in [0.15, 0.2) is 0 Å². The van der Waals surface area contributed by atoms with Gasteiger partial charge in [-0.05, 0) is 67.0 Å². The Morgan fingerprint density at radius 1 is 1.32 bits per heavy atom. The van der Waals surface area contributed by atoms with Crippen molar-refractivity contribution >= 4 is 5.91 Å². The minimum absolute atomic E-state index is 0.0866. The SMILES string of the molecule is CC(NC(C)C1CCCN(C)C1)C(=O)NC(C)(C)C. The van der Waals surface area contributed by atoms with Crippen LogP contribution >= 0.6 is 0 Å². The van der Waals surface area contributed by atoms with E-state index in [1.165, 1.54) is 19.4 Å². The lowest BCUT2D eigenvalue weighted by Crippen LogP contribution is -2.53. The van der Waals surface area contributed by atoms with Gasteiger partial charge >= 0.3 is 0 Å². The Morgan fingerprint density at radius 3 is 2.47 bits per heavy atom. The van der Waals surface area contributed by atoms with Crippen LogP contribution in [0.2, 0.25) is 0 Å². The van der Waals surface area contributed by atoms with Gasteiger partial charge < -0.3 is 15.5 Å². The first kappa shape index (κ1) is 16.4. The van der Waals surface area contributed by atoms with E-state index in [9.17, 15) is 4.79 Å². The van der Waals surface area contributed by atoms with Crippen molar-refractivity contribution in [2.75, 3.05) is 20.1 Å². The normalized spacial score (nSPS) is 24.8. The number of likely N-dealkylation sites (tertiary alicyclic amines) is 1. The highest BCUT2D eigenvalue weighted by molar-refractivity contribution is 5.81. The summed E-state index contributed by atoms with van der Waals surface area (Å²) in [5.74, 6) is 0.729. The second-order valence-corrected chi connectivity index (χ2v) is 7.08. The van der Waals surface area contributed by atoms with Crippen LogP contribution in [-0.2, 0) is 4.79 Å². The molecule has 0 saturated carbocycles. The summed E-state index contributed by atoms with van der Waals surface area (Å²) < 4.78 is 0. The van der Waals surface area contributed by atoms with Crippen molar-refractivity contribution in [2.24, 2.45) is 5.92 Å². The summed E-state index contributed by atoms with van der Waals surface area (Å²) in [7, 11) is 2.18. The summed E-state index contributed by atoms with van der Waals surface area (Å²) in [5.41, 5.74) is -0.165. The van der Waals surface area contributed by atoms with Crippen LogP contribution in [0.3, 0.4) is 0 Å². The van der Waals surface area contributed by atoms with E-state index in [2.05, 4.69) is 29.5 Å². The average Bonchev–Trinajstić information content (AvgIpc) is 2.26. The van der Waals surface area contributed by atoms with Crippen molar-refractivity contribution in [1.82, 2.24) is 15.5 Å². The Kier molecular flexibility index (Phi) is 5.81. The highest BCUT2D eigenvalue weighted by Crippen LogP contribution is 2.18. The number of nitrogens with zero attached hydrogens (tertiary/aromatic N) is 1. The summed E-state index contributed by atoms with van der Waals surface area (Å²) in [4.78, 5) is 14.4. The number of piperidine rings is 1. The fourth-order valence-corrected chi connectivity index (χ4v) is 2.70. The van der Waals surface area contributed by atoms with Crippen LogP contribution in [-0.4, -0.2) is 48.6 Å². The fourth-order valence-electron chi connectivity index (χ4n) is 2.70. The molecule has 0 aromatic carbocycles. The molecule has 3 unspecified atom stereocenters. The summed E-state index contributed by atoms with van der Waals surface area (Å²) >= 11 is 0. The van der Waals surface area contributed by atoms with Gasteiger partial charge in [0.1, 0.15) is 0 Å². The molecule has 0 spiro atoms. The van der Waals surface area contributed by atoms with Gasteiger partial charge in [0.05, 0.1) is 6.04 Å². The molecule has 0 bridgehead atoms. The maximum absolute atomic E-state index is 12.1. The summed E-state index contributed by atoms with van der Waals surface area (Å²) in [6, 6.07) is 0.241. The molecule has 1 aliphatic rings. The van der Waals surface area contributed by atoms with Gasteiger partial charge in [-0.25, -0.2) is 0 Å². The number of carbonyl (C=O) groups excluding carboxylic acids is 1. The lowest BCUT2D eigenvalue weighted by atomic mass is 9.91. The largest absolute Gasteiger partial charge is 0.350 e. The molecule has 19 heavy (non-hydrogen) atoms. The number of amides is 1. The molecule has 4 heteroatoms. The average molecular weight is 269 g/mol. The van der Waals surface area contributed by atoms with Crippen LogP contribution in [0.4, 0.5) is 0 Å². The molecular formula is C15H31N3O. The van der Waals surface area contributed by atoms with E-state index in [4.69, 9.17) is 0 Å². The summed E-state index contributed by atoms with van der Waals surface area (Å²) in [6.45, 7) is 12.5. The minimum Gasteiger partial charge on any atom is -0.350 e. The molecule has 112 valence electrons. The maximum atomic E-state index is 12.1. The van der Waals surface area contributed by atoms with E-state index in [0.29, 0.717) is 12.0 Å². The second kappa shape index (κ2) is 6.71. The minimum atomic E-state index is -0.165. The molecule has 1 heterocycles. The first-order valence-corrected chi connectivity index (χ1v) is 7.45. The van der Waals surface area contributed by atoms with E-state index in [1.54, 1.807) is 0 Å². The molecule has 0 aliphatic carbocycles. The molecule has 1 saturated heterocycles. The third kappa shape index (κ3) is 5.91. The van der Waals surface area contributed by atoms with E-state index < -0.39 is 0 Å². The van der Waals surface area contributed by atoms with Crippen LogP contribution in [0.15, 0.2) is 0 Å². The predicted molar refractivity (Wildman–Crippen MR) is 80.2 cm³/mol. The van der Waals surface area contributed by atoms with Crippen molar-refractivity contribution in [1.29, 1.82) is 0 Å². The van der Waals surface area contributed by atoms with Crippen molar-refractivity contribution < 1.29 is 4.79 Å². The van der Waals surface area contributed by atoms with Crippen LogP contribution in [0.1, 0.15) is 47.5 Å². The molecule has 1 amide bonds. The number of carbonyl (C=O) groups is 1. The van der Waals surface area contributed by atoms with Gasteiger partial charge in [-0.2, -0.15) is 0 Å². The Balaban J connectivity index is 2.42. The first-order chi connectivity index (χ1) is 8.69. The Bertz CT molecular complexity index is 298. The van der Waals surface area contributed by atoms with Crippen LogP contribution < -0.4 is 10.6 Å². The summed E-state index contributed by atoms with van der Waals surface area (Å²) in [6.07, 6.45) is 2.52. The third-order valence-electron chi connectivity index (χ3n) is 3.77. The quantitative estimate of drug-likeness (QED) is 0.815. The molecule has 4 nitrogen and oxygen atoms in total. The van der Waals surface area contributed by atoms with Crippen LogP contribution in [0, 0.1) is 5.92 Å². The number of hydrogen-bond acceptors (Lipinski definition) is 3. The molecule has 0 aromatic heterocycles. The predicted octanol–water partition coefficient (Wildman–Crippen LogP) is 1.61. The number of nitrogens with one attached hydrogen (secondary N) is 2. The number of hydrogen-bond donors (Lipinski definition) is 2. The topological polar surface area (TPSA) is 44.4 Å². The van der Waals surface area contributed by atoms with E-state index >= 15 is 0 Å². The Hall–Kier alpha value is -0.610. The van der Waals surface area contributed by atoms with Gasteiger partial charge in [0.25, 0.3) is 0 Å². The third-order valence-corrected chi connectivity index (χ3v) is 3.77. The zero-order valence-corrected chi connectivity index (χ0v) is 13.4. The van der Waals surface area contributed by atoms with Crippen molar-refractivity contribution in [3.63, 3.8) is 0 Å². The fraction of sp³-hybridized carbons (Fsp3) is 0.933. The molecule has 1 fully saturated rings. The van der Waals surface area contributed by atoms with Crippen LogP contribution in [0.5, 0.6) is 0 Å². The van der Waals surface area contributed by atoms with Gasteiger partial charge in [-0.1, -0.05) is 0 Å². The zero-order valence-electron chi connectivity index (χ0n) is 13.4. The van der Waals surface area contributed by atoms with Gasteiger partial charge in [-0.15, -0.1) is 0 Å². The van der Waals surface area contributed by atoms with Crippen molar-refractivity contribution in [3.8, 4) is 0 Å². The van der Waals surface area contributed by atoms with Gasteiger partial charge in [0.2, 0.25) is 5.91 Å². The molecular weight excluding hydrogens is 238 g/mol. The second-order valence-electron chi connectivity index (χ2n) is 7.08. The molecule has 1 rings (SSSR count). The van der Waals surface area contributed by atoms with E-state index in [0.717, 1.165) is 6.54 Å². The van der Waals surface area contributed by atoms with Crippen molar-refractivity contribution in [3.05, 3.63) is 0 Å². The Labute approximate surface area is 118 Å². The molecule has 2 N–H and O–H groups in total. The molecule has 3 atom stereocenters.